The normalized spacial score (nSPS) is 44.2. The predicted octanol–water partition coefficient (Wildman–Crippen LogP) is 3.24. The second-order valence-electron chi connectivity index (χ2n) is 8.45. The summed E-state index contributed by atoms with van der Waals surface area (Å²) >= 11 is 0. The minimum absolute atomic E-state index is 0.0495. The number of ether oxygens (including phenoxy) is 1. The highest BCUT2D eigenvalue weighted by atomic mass is 16.5. The average molecular weight is 330 g/mol. The van der Waals surface area contributed by atoms with Gasteiger partial charge in [-0.3, -0.25) is 14.4 Å². The summed E-state index contributed by atoms with van der Waals surface area (Å²) < 4.78 is 5.27. The topological polar surface area (TPSA) is 60.4 Å². The molecule has 4 aliphatic carbocycles. The fraction of sp³-hybridized carbons (Fsp3) is 0.750. The molecule has 0 N–H and O–H groups in total. The lowest BCUT2D eigenvalue weighted by Gasteiger charge is -2.52. The van der Waals surface area contributed by atoms with Crippen LogP contribution in [-0.2, 0) is 19.1 Å². The molecule has 130 valence electrons. The van der Waals surface area contributed by atoms with Crippen LogP contribution in [0.4, 0.5) is 0 Å². The molecule has 4 nitrogen and oxygen atoms in total. The van der Waals surface area contributed by atoms with E-state index in [2.05, 4.69) is 6.92 Å². The van der Waals surface area contributed by atoms with Crippen LogP contribution >= 0.6 is 0 Å². The van der Waals surface area contributed by atoms with E-state index >= 15 is 0 Å². The van der Waals surface area contributed by atoms with Crippen LogP contribution < -0.4 is 0 Å². The Morgan fingerprint density at radius 3 is 2.71 bits per heavy atom. The molecule has 0 aromatic rings. The number of carbonyl (C=O) groups excluding carboxylic acids is 3. The van der Waals surface area contributed by atoms with Gasteiger partial charge in [0.1, 0.15) is 5.78 Å². The number of rotatable bonds is 1. The lowest BCUT2D eigenvalue weighted by molar-refractivity contribution is -0.154. The largest absolute Gasteiger partial charge is 0.454 e. The lowest BCUT2D eigenvalue weighted by atomic mass is 9.52. The van der Waals surface area contributed by atoms with Crippen molar-refractivity contribution in [2.45, 2.75) is 64.9 Å². The molecule has 0 bridgehead atoms. The molecule has 3 saturated carbocycles. The van der Waals surface area contributed by atoms with Crippen molar-refractivity contribution in [3.8, 4) is 0 Å². The van der Waals surface area contributed by atoms with Crippen LogP contribution in [0.3, 0.4) is 0 Å². The van der Waals surface area contributed by atoms with E-state index in [4.69, 9.17) is 4.74 Å². The third-order valence-corrected chi connectivity index (χ3v) is 7.38. The Morgan fingerprint density at radius 2 is 1.96 bits per heavy atom. The molecular weight excluding hydrogens is 304 g/mol. The van der Waals surface area contributed by atoms with Crippen LogP contribution in [0.25, 0.3) is 0 Å². The van der Waals surface area contributed by atoms with Crippen molar-refractivity contribution in [2.24, 2.45) is 29.1 Å². The van der Waals surface area contributed by atoms with Gasteiger partial charge in [0.25, 0.3) is 0 Å². The predicted molar refractivity (Wildman–Crippen MR) is 88.0 cm³/mol. The van der Waals surface area contributed by atoms with E-state index in [9.17, 15) is 14.4 Å². The maximum atomic E-state index is 12.4. The zero-order valence-corrected chi connectivity index (χ0v) is 14.5. The fourth-order valence-corrected chi connectivity index (χ4v) is 6.23. The molecule has 0 amide bonds. The number of allylic oxidation sites excluding steroid dienone is 1. The zero-order valence-electron chi connectivity index (χ0n) is 14.5. The summed E-state index contributed by atoms with van der Waals surface area (Å²) in [7, 11) is 0. The Balaban J connectivity index is 1.60. The highest BCUT2D eigenvalue weighted by Gasteiger charge is 2.56. The summed E-state index contributed by atoms with van der Waals surface area (Å²) in [6.45, 7) is 3.55. The van der Waals surface area contributed by atoms with Crippen molar-refractivity contribution in [1.82, 2.24) is 0 Å². The van der Waals surface area contributed by atoms with Crippen molar-refractivity contribution in [1.29, 1.82) is 0 Å². The number of fused-ring (bicyclic) bond motifs is 5. The minimum atomic E-state index is -0.603. The van der Waals surface area contributed by atoms with Gasteiger partial charge in [0.2, 0.25) is 0 Å². The molecule has 4 heteroatoms. The molecule has 0 spiro atoms. The number of ketones is 2. The second kappa shape index (κ2) is 5.53. The molecule has 4 rings (SSSR count). The molecule has 0 saturated heterocycles. The zero-order chi connectivity index (χ0) is 17.1. The Labute approximate surface area is 143 Å². The van der Waals surface area contributed by atoms with Crippen molar-refractivity contribution in [3.05, 3.63) is 11.6 Å². The van der Waals surface area contributed by atoms with Crippen molar-refractivity contribution < 1.29 is 19.1 Å². The van der Waals surface area contributed by atoms with Gasteiger partial charge in [0.05, 0.1) is 0 Å². The van der Waals surface area contributed by atoms with Crippen LogP contribution in [-0.4, -0.2) is 23.6 Å². The number of Topliss-reactive ketones (excluding diaryl/α,β-unsaturated/α-hetero) is 1. The maximum Gasteiger partial charge on any atom is 0.303 e. The van der Waals surface area contributed by atoms with Gasteiger partial charge in [-0.05, 0) is 68.3 Å². The second-order valence-corrected chi connectivity index (χ2v) is 8.45. The van der Waals surface area contributed by atoms with Gasteiger partial charge in [0.15, 0.2) is 11.9 Å². The molecule has 6 atom stereocenters. The van der Waals surface area contributed by atoms with Crippen LogP contribution in [0.1, 0.15) is 58.8 Å². The highest BCUT2D eigenvalue weighted by Crippen LogP contribution is 2.60. The molecule has 1 unspecified atom stereocenters. The van der Waals surface area contributed by atoms with Gasteiger partial charge >= 0.3 is 5.97 Å². The van der Waals surface area contributed by atoms with E-state index in [1.54, 1.807) is 6.08 Å². The average Bonchev–Trinajstić information content (AvgIpc) is 2.83. The Bertz CT molecular complexity index is 634. The molecule has 4 aliphatic rings. The molecule has 0 aromatic carbocycles. The maximum absolute atomic E-state index is 12.4. The van der Waals surface area contributed by atoms with E-state index in [1.807, 2.05) is 0 Å². The van der Waals surface area contributed by atoms with Gasteiger partial charge in [-0.15, -0.1) is 0 Å². The summed E-state index contributed by atoms with van der Waals surface area (Å²) in [4.78, 5) is 35.9. The third kappa shape index (κ3) is 2.29. The van der Waals surface area contributed by atoms with Gasteiger partial charge in [0, 0.05) is 18.8 Å². The van der Waals surface area contributed by atoms with Crippen LogP contribution in [0.15, 0.2) is 11.6 Å². The van der Waals surface area contributed by atoms with Crippen molar-refractivity contribution in [3.63, 3.8) is 0 Å². The first-order valence-electron chi connectivity index (χ1n) is 9.35. The molecule has 0 aromatic heterocycles. The quantitative estimate of drug-likeness (QED) is 0.693. The van der Waals surface area contributed by atoms with E-state index in [0.29, 0.717) is 35.9 Å². The van der Waals surface area contributed by atoms with E-state index < -0.39 is 6.10 Å². The van der Waals surface area contributed by atoms with E-state index in [0.717, 1.165) is 38.5 Å². The first-order valence-corrected chi connectivity index (χ1v) is 9.35. The molecule has 24 heavy (non-hydrogen) atoms. The lowest BCUT2D eigenvalue weighted by Crippen LogP contribution is -2.48. The summed E-state index contributed by atoms with van der Waals surface area (Å²) in [5.41, 5.74) is 1.15. The summed E-state index contributed by atoms with van der Waals surface area (Å²) in [6.07, 6.45) is 7.68. The first-order chi connectivity index (χ1) is 11.4. The van der Waals surface area contributed by atoms with Gasteiger partial charge < -0.3 is 4.74 Å². The highest BCUT2D eigenvalue weighted by molar-refractivity contribution is 5.96. The molecule has 3 fully saturated rings. The van der Waals surface area contributed by atoms with Crippen LogP contribution in [0.5, 0.6) is 0 Å². The SMILES string of the molecule is CC(=O)OC1C[C@H]2C(=CC1=O)CC[C@@H]1[C@@H]2CC[C@]2(C)C(=O)CC[C@@H]12. The smallest absolute Gasteiger partial charge is 0.303 e. The van der Waals surface area contributed by atoms with Crippen LogP contribution in [0.2, 0.25) is 0 Å². The first kappa shape index (κ1) is 16.0. The minimum Gasteiger partial charge on any atom is -0.454 e. The molecular formula is C20H26O4. The monoisotopic (exact) mass is 330 g/mol. The standard InChI is InChI=1S/C20H26O4/c1-11(21)24-18-10-15-12(9-17(18)22)3-4-14-13(15)7-8-20(2)16(14)5-6-19(20)23/h9,13-16,18H,3-8,10H2,1-2H3/t13-,14+,15-,16-,18?,20-/m0/s1. The summed E-state index contributed by atoms with van der Waals surface area (Å²) in [5.74, 6) is 2.02. The number of hydrogen-bond acceptors (Lipinski definition) is 4. The van der Waals surface area contributed by atoms with Gasteiger partial charge in [-0.25, -0.2) is 0 Å². The van der Waals surface area contributed by atoms with Gasteiger partial charge in [-0.2, -0.15) is 0 Å². The van der Waals surface area contributed by atoms with Crippen molar-refractivity contribution >= 4 is 17.5 Å². The van der Waals surface area contributed by atoms with Crippen LogP contribution in [0, 0.1) is 29.1 Å². The fourth-order valence-electron chi connectivity index (χ4n) is 6.23. The molecule has 0 heterocycles. The number of hydrogen-bond donors (Lipinski definition) is 0. The number of esters is 1. The molecule has 0 radical (unpaired) electrons. The number of carbonyl (C=O) groups is 3. The van der Waals surface area contributed by atoms with E-state index in [1.165, 1.54) is 12.5 Å². The van der Waals surface area contributed by atoms with Crippen molar-refractivity contribution in [2.75, 3.05) is 0 Å². The van der Waals surface area contributed by atoms with Gasteiger partial charge in [-0.1, -0.05) is 12.5 Å². The summed E-state index contributed by atoms with van der Waals surface area (Å²) in [6, 6.07) is 0. The van der Waals surface area contributed by atoms with E-state index in [-0.39, 0.29) is 17.2 Å². The third-order valence-electron chi connectivity index (χ3n) is 7.38. The molecule has 0 aliphatic heterocycles. The Kier molecular flexibility index (Phi) is 3.70. The Hall–Kier alpha value is -1.45. The summed E-state index contributed by atoms with van der Waals surface area (Å²) in [5, 5.41) is 0. The Morgan fingerprint density at radius 1 is 1.17 bits per heavy atom.